The highest BCUT2D eigenvalue weighted by molar-refractivity contribution is 14.1. The molecule has 0 aliphatic rings. The van der Waals surface area contributed by atoms with Gasteiger partial charge in [0.2, 0.25) is 0 Å². The van der Waals surface area contributed by atoms with Crippen LogP contribution in [0.5, 0.6) is 5.75 Å². The predicted octanol–water partition coefficient (Wildman–Crippen LogP) is 6.30. The van der Waals surface area contributed by atoms with E-state index in [0.29, 0.717) is 23.3 Å². The molecule has 0 saturated heterocycles. The third kappa shape index (κ3) is 5.24. The summed E-state index contributed by atoms with van der Waals surface area (Å²) in [7, 11) is 0. The molecule has 4 aromatic rings. The minimum Gasteiger partial charge on any atom is -0.488 e. The topological polar surface area (TPSA) is 56.5 Å². The monoisotopic (exact) mass is 651 g/mol. The predicted molar refractivity (Wildman–Crippen MR) is 139 cm³/mol. The summed E-state index contributed by atoms with van der Waals surface area (Å²) < 4.78 is 10.1. The Morgan fingerprint density at radius 2 is 1.81 bits per heavy atom. The largest absolute Gasteiger partial charge is 0.488 e. The Kier molecular flexibility index (Phi) is 6.88. The van der Waals surface area contributed by atoms with Crippen LogP contribution in [0.3, 0.4) is 0 Å². The van der Waals surface area contributed by atoms with Gasteiger partial charge in [0.05, 0.1) is 20.7 Å². The molecule has 31 heavy (non-hydrogen) atoms. The van der Waals surface area contributed by atoms with E-state index in [-0.39, 0.29) is 5.56 Å². The molecule has 0 aliphatic heterocycles. The zero-order valence-electron chi connectivity index (χ0n) is 16.3. The van der Waals surface area contributed by atoms with Crippen LogP contribution in [-0.2, 0) is 6.61 Å². The molecular weight excluding hydrogens is 637 g/mol. The van der Waals surface area contributed by atoms with Crippen LogP contribution in [0.2, 0.25) is 0 Å². The molecule has 5 nitrogen and oxygen atoms in total. The Labute approximate surface area is 209 Å². The van der Waals surface area contributed by atoms with Crippen molar-refractivity contribution in [2.75, 3.05) is 0 Å². The summed E-state index contributed by atoms with van der Waals surface area (Å²) in [5, 5.41) is 4.90. The van der Waals surface area contributed by atoms with Gasteiger partial charge in [0.15, 0.2) is 0 Å². The van der Waals surface area contributed by atoms with E-state index in [2.05, 4.69) is 64.5 Å². The lowest BCUT2D eigenvalue weighted by Crippen LogP contribution is -2.20. The van der Waals surface area contributed by atoms with Gasteiger partial charge in [-0.05, 0) is 89.2 Å². The molecule has 156 valence electrons. The smallest absolute Gasteiger partial charge is 0.282 e. The van der Waals surface area contributed by atoms with Crippen LogP contribution in [0.15, 0.2) is 79.5 Å². The van der Waals surface area contributed by atoms with Crippen LogP contribution >= 0.6 is 54.5 Å². The molecule has 1 heterocycles. The molecule has 0 amide bonds. The summed E-state index contributed by atoms with van der Waals surface area (Å²) >= 11 is 9.07. The molecule has 0 fully saturated rings. The molecule has 0 radical (unpaired) electrons. The number of aryl methyl sites for hydroxylation is 1. The van der Waals surface area contributed by atoms with Crippen LogP contribution in [0, 0.1) is 10.5 Å². The SMILES string of the molecule is Cc1nc2ccc(Br)cc2c(=O)n1N=Cc1ccc(OCc2ccc(Br)cc2)c(I)c1. The van der Waals surface area contributed by atoms with Gasteiger partial charge in [0.25, 0.3) is 5.56 Å². The lowest BCUT2D eigenvalue weighted by molar-refractivity contribution is 0.304. The Bertz CT molecular complexity index is 1350. The molecule has 0 unspecified atom stereocenters. The van der Waals surface area contributed by atoms with E-state index in [9.17, 15) is 4.79 Å². The van der Waals surface area contributed by atoms with Crippen molar-refractivity contribution in [3.8, 4) is 5.75 Å². The van der Waals surface area contributed by atoms with Gasteiger partial charge in [-0.3, -0.25) is 4.79 Å². The van der Waals surface area contributed by atoms with E-state index in [4.69, 9.17) is 4.74 Å². The normalized spacial score (nSPS) is 11.4. The van der Waals surface area contributed by atoms with E-state index in [1.54, 1.807) is 19.2 Å². The van der Waals surface area contributed by atoms with Gasteiger partial charge in [-0.1, -0.05) is 44.0 Å². The minimum atomic E-state index is -0.204. The molecule has 1 aromatic heterocycles. The number of nitrogens with zero attached hydrogens (tertiary/aromatic N) is 3. The summed E-state index contributed by atoms with van der Waals surface area (Å²) in [6.07, 6.45) is 1.65. The van der Waals surface area contributed by atoms with E-state index in [0.717, 1.165) is 29.4 Å². The van der Waals surface area contributed by atoms with Gasteiger partial charge >= 0.3 is 0 Å². The number of fused-ring (bicyclic) bond motifs is 1. The minimum absolute atomic E-state index is 0.204. The summed E-state index contributed by atoms with van der Waals surface area (Å²) in [5.41, 5.74) is 2.40. The molecule has 0 bridgehead atoms. The summed E-state index contributed by atoms with van der Waals surface area (Å²) in [6.45, 7) is 2.26. The van der Waals surface area contributed by atoms with Gasteiger partial charge in [-0.25, -0.2) is 4.98 Å². The number of halogens is 3. The van der Waals surface area contributed by atoms with Crippen molar-refractivity contribution in [1.82, 2.24) is 9.66 Å². The maximum Gasteiger partial charge on any atom is 0.282 e. The van der Waals surface area contributed by atoms with Gasteiger partial charge in [-0.15, -0.1) is 0 Å². The summed E-state index contributed by atoms with van der Waals surface area (Å²) in [5.74, 6) is 1.33. The number of ether oxygens (including phenoxy) is 1. The number of rotatable bonds is 5. The Balaban J connectivity index is 1.55. The summed E-state index contributed by atoms with van der Waals surface area (Å²) in [6, 6.07) is 19.3. The van der Waals surface area contributed by atoms with Crippen LogP contribution < -0.4 is 10.3 Å². The number of hydrogen-bond donors (Lipinski definition) is 0. The fourth-order valence-corrected chi connectivity index (χ4v) is 4.30. The first-order chi connectivity index (χ1) is 14.9. The number of benzene rings is 3. The summed E-state index contributed by atoms with van der Waals surface area (Å²) in [4.78, 5) is 17.3. The van der Waals surface area contributed by atoms with Crippen molar-refractivity contribution in [3.05, 3.63) is 100 Å². The quantitative estimate of drug-likeness (QED) is 0.188. The molecule has 0 saturated carbocycles. The first-order valence-corrected chi connectivity index (χ1v) is 12.0. The highest BCUT2D eigenvalue weighted by Gasteiger charge is 2.08. The van der Waals surface area contributed by atoms with Crippen molar-refractivity contribution >= 4 is 71.6 Å². The highest BCUT2D eigenvalue weighted by atomic mass is 127. The van der Waals surface area contributed by atoms with Crippen molar-refractivity contribution in [2.24, 2.45) is 5.10 Å². The third-order valence-electron chi connectivity index (χ3n) is 4.56. The number of aromatic nitrogens is 2. The van der Waals surface area contributed by atoms with Crippen molar-refractivity contribution in [1.29, 1.82) is 0 Å². The highest BCUT2D eigenvalue weighted by Crippen LogP contribution is 2.23. The average Bonchev–Trinajstić information content (AvgIpc) is 2.75. The fourth-order valence-electron chi connectivity index (χ4n) is 2.98. The Hall–Kier alpha value is -2.04. The molecule has 8 heteroatoms. The van der Waals surface area contributed by atoms with Gasteiger partial charge in [0, 0.05) is 8.95 Å². The second kappa shape index (κ2) is 9.62. The fraction of sp³-hybridized carbons (Fsp3) is 0.0870. The second-order valence-corrected chi connectivity index (χ2v) is 9.78. The maximum atomic E-state index is 12.8. The van der Waals surface area contributed by atoms with E-state index in [1.807, 2.05) is 54.6 Å². The maximum absolute atomic E-state index is 12.8. The van der Waals surface area contributed by atoms with Crippen molar-refractivity contribution in [3.63, 3.8) is 0 Å². The molecule has 0 atom stereocenters. The molecule has 0 aliphatic carbocycles. The molecule has 3 aromatic carbocycles. The van der Waals surface area contributed by atoms with Crippen LogP contribution in [-0.4, -0.2) is 15.9 Å². The third-order valence-corrected chi connectivity index (χ3v) is 6.42. The van der Waals surface area contributed by atoms with Crippen molar-refractivity contribution < 1.29 is 4.74 Å². The molecule has 0 N–H and O–H groups in total. The van der Waals surface area contributed by atoms with E-state index >= 15 is 0 Å². The standard InChI is InChI=1S/C23H16Br2IN3O2/c1-14-28-21-8-7-18(25)11-19(21)23(30)29(14)27-12-16-4-9-22(20(26)10-16)31-13-15-2-5-17(24)6-3-15/h2-12H,13H2,1H3. The van der Waals surface area contributed by atoms with Crippen LogP contribution in [0.4, 0.5) is 0 Å². The first kappa shape index (κ1) is 22.2. The average molecular weight is 653 g/mol. The first-order valence-electron chi connectivity index (χ1n) is 9.31. The van der Waals surface area contributed by atoms with Crippen LogP contribution in [0.1, 0.15) is 17.0 Å². The van der Waals surface area contributed by atoms with Gasteiger partial charge in [-0.2, -0.15) is 9.78 Å². The van der Waals surface area contributed by atoms with Crippen LogP contribution in [0.25, 0.3) is 10.9 Å². The van der Waals surface area contributed by atoms with Gasteiger partial charge < -0.3 is 4.74 Å². The molecule has 4 rings (SSSR count). The zero-order valence-corrected chi connectivity index (χ0v) is 21.7. The van der Waals surface area contributed by atoms with Crippen molar-refractivity contribution in [2.45, 2.75) is 13.5 Å². The Morgan fingerprint density at radius 1 is 1.06 bits per heavy atom. The second-order valence-electron chi connectivity index (χ2n) is 6.79. The zero-order chi connectivity index (χ0) is 22.0. The lowest BCUT2D eigenvalue weighted by Gasteiger charge is -2.09. The number of hydrogen-bond acceptors (Lipinski definition) is 4. The lowest BCUT2D eigenvalue weighted by atomic mass is 10.2. The molecule has 0 spiro atoms. The van der Waals surface area contributed by atoms with E-state index in [1.165, 1.54) is 4.68 Å². The Morgan fingerprint density at radius 3 is 2.55 bits per heavy atom. The van der Waals surface area contributed by atoms with E-state index < -0.39 is 0 Å². The van der Waals surface area contributed by atoms with Gasteiger partial charge in [0.1, 0.15) is 18.2 Å². The molecular formula is C23H16Br2IN3O2.